The Bertz CT molecular complexity index is 944. The summed E-state index contributed by atoms with van der Waals surface area (Å²) in [6, 6.07) is 11.3. The lowest BCUT2D eigenvalue weighted by atomic mass is 10.1. The van der Waals surface area contributed by atoms with Crippen molar-refractivity contribution in [1.82, 2.24) is 0 Å². The van der Waals surface area contributed by atoms with Crippen molar-refractivity contribution in [3.05, 3.63) is 70.8 Å². The number of ketones is 2. The maximum Gasteiger partial charge on any atom is 0.163 e. The molecular formula is C25H29NO4. The van der Waals surface area contributed by atoms with Crippen LogP contribution in [0.1, 0.15) is 35.6 Å². The van der Waals surface area contributed by atoms with Crippen molar-refractivity contribution in [2.75, 3.05) is 19.8 Å². The number of aryl methyl sites for hydroxylation is 2. The molecule has 0 radical (unpaired) electrons. The molecule has 0 aliphatic carbocycles. The lowest BCUT2D eigenvalue weighted by Gasteiger charge is -2.08. The molecule has 0 atom stereocenters. The first-order valence-electron chi connectivity index (χ1n) is 10.0. The second kappa shape index (κ2) is 11.7. The van der Waals surface area contributed by atoms with Crippen LogP contribution in [0.4, 0.5) is 0 Å². The van der Waals surface area contributed by atoms with Crippen LogP contribution in [0.5, 0.6) is 11.5 Å². The molecule has 5 heteroatoms. The number of benzene rings is 2. The molecule has 2 rings (SSSR count). The van der Waals surface area contributed by atoms with Gasteiger partial charge in [0.25, 0.3) is 0 Å². The summed E-state index contributed by atoms with van der Waals surface area (Å²) in [5, 5.41) is 0. The van der Waals surface area contributed by atoms with Crippen molar-refractivity contribution >= 4 is 23.7 Å². The molecule has 0 fully saturated rings. The quantitative estimate of drug-likeness (QED) is 0.444. The van der Waals surface area contributed by atoms with Crippen molar-refractivity contribution in [3.63, 3.8) is 0 Å². The first kappa shape index (κ1) is 23.1. The molecule has 0 heterocycles. The summed E-state index contributed by atoms with van der Waals surface area (Å²) in [6.45, 7) is 7.34. The lowest BCUT2D eigenvalue weighted by Crippen LogP contribution is -2.11. The molecule has 0 spiro atoms. The van der Waals surface area contributed by atoms with Crippen LogP contribution in [0.2, 0.25) is 0 Å². The summed E-state index contributed by atoms with van der Waals surface area (Å²) in [4.78, 5) is 24.2. The summed E-state index contributed by atoms with van der Waals surface area (Å²) in [7, 11) is 0. The van der Waals surface area contributed by atoms with E-state index in [1.165, 1.54) is 12.2 Å². The maximum absolute atomic E-state index is 12.1. The zero-order valence-electron chi connectivity index (χ0n) is 17.8. The third-order valence-corrected chi connectivity index (χ3v) is 4.35. The Balaban J connectivity index is 1.91. The van der Waals surface area contributed by atoms with Gasteiger partial charge in [-0.3, -0.25) is 9.59 Å². The number of carbonyl (C=O) groups excluding carboxylic acids is 2. The molecule has 30 heavy (non-hydrogen) atoms. The zero-order chi connectivity index (χ0) is 21.9. The minimum atomic E-state index is -0.242. The summed E-state index contributed by atoms with van der Waals surface area (Å²) >= 11 is 0. The van der Waals surface area contributed by atoms with Crippen LogP contribution in [0.25, 0.3) is 12.2 Å². The molecule has 0 amide bonds. The molecule has 0 aromatic heterocycles. The smallest absolute Gasteiger partial charge is 0.163 e. The van der Waals surface area contributed by atoms with E-state index in [1.54, 1.807) is 12.2 Å². The van der Waals surface area contributed by atoms with E-state index in [4.69, 9.17) is 15.2 Å². The van der Waals surface area contributed by atoms with Crippen LogP contribution < -0.4 is 15.2 Å². The van der Waals surface area contributed by atoms with Crippen molar-refractivity contribution < 1.29 is 19.1 Å². The fraction of sp³-hybridized carbons (Fsp3) is 0.280. The maximum atomic E-state index is 12.1. The number of carbonyl (C=O) groups is 2. The minimum absolute atomic E-state index is 0.167. The summed E-state index contributed by atoms with van der Waals surface area (Å²) in [6.07, 6.45) is 6.12. The van der Waals surface area contributed by atoms with Gasteiger partial charge >= 0.3 is 0 Å². The molecule has 0 saturated carbocycles. The van der Waals surface area contributed by atoms with E-state index in [1.807, 2.05) is 57.2 Å². The number of ether oxygens (including phenoxy) is 2. The third-order valence-electron chi connectivity index (χ3n) is 4.35. The summed E-state index contributed by atoms with van der Waals surface area (Å²) < 4.78 is 11.0. The highest BCUT2D eigenvalue weighted by atomic mass is 16.5. The number of rotatable bonds is 11. The Morgan fingerprint density at radius 1 is 0.867 bits per heavy atom. The van der Waals surface area contributed by atoms with Gasteiger partial charge in [0, 0.05) is 6.54 Å². The third kappa shape index (κ3) is 7.33. The van der Waals surface area contributed by atoms with E-state index in [2.05, 4.69) is 0 Å². The number of nitrogens with two attached hydrogens (primary N) is 1. The van der Waals surface area contributed by atoms with Crippen LogP contribution in [0.15, 0.2) is 48.6 Å². The Labute approximate surface area is 178 Å². The predicted octanol–water partition coefficient (Wildman–Crippen LogP) is 4.29. The fourth-order valence-corrected chi connectivity index (χ4v) is 2.87. The van der Waals surface area contributed by atoms with Gasteiger partial charge in [-0.1, -0.05) is 24.3 Å². The van der Waals surface area contributed by atoms with Gasteiger partial charge in [0.05, 0.1) is 13.0 Å². The van der Waals surface area contributed by atoms with Crippen LogP contribution in [-0.2, 0) is 9.59 Å². The first-order valence-corrected chi connectivity index (χ1v) is 10.0. The van der Waals surface area contributed by atoms with E-state index in [-0.39, 0.29) is 18.0 Å². The van der Waals surface area contributed by atoms with Gasteiger partial charge < -0.3 is 15.2 Å². The van der Waals surface area contributed by atoms with Gasteiger partial charge in [0.1, 0.15) is 18.1 Å². The molecular weight excluding hydrogens is 378 g/mol. The number of hydrogen-bond donors (Lipinski definition) is 1. The molecule has 158 valence electrons. The van der Waals surface area contributed by atoms with Crippen LogP contribution in [-0.4, -0.2) is 31.3 Å². The molecule has 2 N–H and O–H groups in total. The topological polar surface area (TPSA) is 78.6 Å². The van der Waals surface area contributed by atoms with E-state index < -0.39 is 0 Å². The minimum Gasteiger partial charge on any atom is -0.494 e. The number of hydrogen-bond acceptors (Lipinski definition) is 5. The van der Waals surface area contributed by atoms with E-state index in [0.29, 0.717) is 19.8 Å². The van der Waals surface area contributed by atoms with Gasteiger partial charge in [-0.15, -0.1) is 0 Å². The molecule has 0 aliphatic heterocycles. The predicted molar refractivity (Wildman–Crippen MR) is 121 cm³/mol. The summed E-state index contributed by atoms with van der Waals surface area (Å²) in [5.41, 5.74) is 9.16. The molecule has 0 bridgehead atoms. The second-order valence-electron chi connectivity index (χ2n) is 6.90. The van der Waals surface area contributed by atoms with Crippen molar-refractivity contribution in [2.24, 2.45) is 5.73 Å². The van der Waals surface area contributed by atoms with Crippen LogP contribution in [0, 0.1) is 13.8 Å². The lowest BCUT2D eigenvalue weighted by molar-refractivity contribution is -0.121. The van der Waals surface area contributed by atoms with E-state index >= 15 is 0 Å². The van der Waals surface area contributed by atoms with Gasteiger partial charge in [0.15, 0.2) is 11.6 Å². The largest absolute Gasteiger partial charge is 0.494 e. The van der Waals surface area contributed by atoms with Crippen molar-refractivity contribution in [1.29, 1.82) is 0 Å². The second-order valence-corrected chi connectivity index (χ2v) is 6.90. The Hall–Kier alpha value is -3.18. The van der Waals surface area contributed by atoms with E-state index in [0.717, 1.165) is 33.8 Å². The molecule has 0 unspecified atom stereocenters. The first-order chi connectivity index (χ1) is 14.4. The van der Waals surface area contributed by atoms with Gasteiger partial charge in [-0.25, -0.2) is 0 Å². The van der Waals surface area contributed by atoms with E-state index in [9.17, 15) is 9.59 Å². The normalized spacial score (nSPS) is 11.2. The van der Waals surface area contributed by atoms with Gasteiger partial charge in [-0.2, -0.15) is 0 Å². The Kier molecular flexibility index (Phi) is 9.03. The van der Waals surface area contributed by atoms with Crippen molar-refractivity contribution in [2.45, 2.75) is 27.2 Å². The van der Waals surface area contributed by atoms with Crippen LogP contribution in [0.3, 0.4) is 0 Å². The molecule has 0 aliphatic rings. The van der Waals surface area contributed by atoms with Crippen LogP contribution >= 0.6 is 0 Å². The molecule has 2 aromatic rings. The molecule has 2 aromatic carbocycles. The standard InChI is InChI=1S/C25H29NO4/c1-4-29-24-11-7-20(15-18(24)2)5-9-22(27)17-23(28)10-6-21-8-12-25(19(3)16-21)30-14-13-26/h5-12,15-16H,4,13-14,17,26H2,1-3H3/b9-5+,10-6+. The Morgan fingerprint density at radius 2 is 1.37 bits per heavy atom. The highest BCUT2D eigenvalue weighted by Crippen LogP contribution is 2.21. The van der Waals surface area contributed by atoms with Gasteiger partial charge in [-0.05, 0) is 79.4 Å². The van der Waals surface area contributed by atoms with Gasteiger partial charge in [0.2, 0.25) is 0 Å². The highest BCUT2D eigenvalue weighted by molar-refractivity contribution is 6.10. The zero-order valence-corrected chi connectivity index (χ0v) is 17.8. The van der Waals surface area contributed by atoms with Crippen molar-refractivity contribution in [3.8, 4) is 11.5 Å². The average Bonchev–Trinajstić information content (AvgIpc) is 2.72. The number of allylic oxidation sites excluding steroid dienone is 2. The monoisotopic (exact) mass is 407 g/mol. The fourth-order valence-electron chi connectivity index (χ4n) is 2.87. The average molecular weight is 408 g/mol. The Morgan fingerprint density at radius 3 is 1.80 bits per heavy atom. The molecule has 5 nitrogen and oxygen atoms in total. The SMILES string of the molecule is CCOc1ccc(/C=C/C(=O)CC(=O)/C=C/c2ccc(OCCN)c(C)c2)cc1C. The highest BCUT2D eigenvalue weighted by Gasteiger charge is 2.05. The molecule has 0 saturated heterocycles. The summed E-state index contributed by atoms with van der Waals surface area (Å²) in [5.74, 6) is 1.12.